The summed E-state index contributed by atoms with van der Waals surface area (Å²) >= 11 is 0. The van der Waals surface area contributed by atoms with Crippen molar-refractivity contribution in [1.29, 1.82) is 0 Å². The Morgan fingerprint density at radius 3 is 2.81 bits per heavy atom. The average molecular weight is 426 g/mol. The number of fused-ring (bicyclic) bond motifs is 1. The van der Waals surface area contributed by atoms with Gasteiger partial charge in [-0.15, -0.1) is 0 Å². The molecule has 1 aliphatic rings. The van der Waals surface area contributed by atoms with Crippen molar-refractivity contribution in [3.05, 3.63) is 54.0 Å². The lowest BCUT2D eigenvalue weighted by Gasteiger charge is -2.24. The van der Waals surface area contributed by atoms with E-state index in [1.165, 1.54) is 11.1 Å². The van der Waals surface area contributed by atoms with Gasteiger partial charge in [0.2, 0.25) is 5.91 Å². The molecule has 6 nitrogen and oxygen atoms in total. The molecule has 2 unspecified atom stereocenters. The van der Waals surface area contributed by atoms with Crippen LogP contribution in [0.3, 0.4) is 0 Å². The minimum Gasteiger partial charge on any atom is -0.361 e. The van der Waals surface area contributed by atoms with Crippen molar-refractivity contribution in [3.8, 4) is 11.1 Å². The maximum absolute atomic E-state index is 14.8. The molecule has 2 heterocycles. The smallest absolute Gasteiger partial charge is 0.275 e. The molecule has 2 aromatic heterocycles. The van der Waals surface area contributed by atoms with Crippen LogP contribution in [0.25, 0.3) is 22.0 Å². The number of carbonyl (C=O) groups is 2. The minimum atomic E-state index is -0.795. The standard InChI is InChI=1S/C23H24F2N4O2/c1-3-20(30)28-14-4-5-15(11-14)29(2)23(31)22-18(24)10-13(12-27-22)16-6-7-19-17(21(16)25)8-9-26-19/h6-10,12,14-15,26H,3-5,11H2,1-2H3,(H,28,30). The summed E-state index contributed by atoms with van der Waals surface area (Å²) in [5.74, 6) is -1.81. The number of rotatable bonds is 5. The van der Waals surface area contributed by atoms with Crippen LogP contribution >= 0.6 is 0 Å². The number of benzene rings is 1. The summed E-state index contributed by atoms with van der Waals surface area (Å²) in [7, 11) is 1.62. The molecule has 1 saturated carbocycles. The van der Waals surface area contributed by atoms with Crippen LogP contribution < -0.4 is 5.32 Å². The third-order valence-corrected chi connectivity index (χ3v) is 5.98. The Labute approximate surface area is 178 Å². The van der Waals surface area contributed by atoms with Gasteiger partial charge in [0.05, 0.1) is 0 Å². The fourth-order valence-corrected chi connectivity index (χ4v) is 4.17. The Hall–Kier alpha value is -3.29. The minimum absolute atomic E-state index is 0.0132. The molecule has 0 spiro atoms. The highest BCUT2D eigenvalue weighted by Crippen LogP contribution is 2.30. The lowest BCUT2D eigenvalue weighted by Crippen LogP contribution is -2.39. The molecule has 1 fully saturated rings. The zero-order valence-corrected chi connectivity index (χ0v) is 17.4. The van der Waals surface area contributed by atoms with Gasteiger partial charge in [-0.2, -0.15) is 0 Å². The monoisotopic (exact) mass is 426 g/mol. The van der Waals surface area contributed by atoms with Crippen LogP contribution in [0.15, 0.2) is 36.7 Å². The number of carbonyl (C=O) groups excluding carboxylic acids is 2. The molecule has 1 aliphatic carbocycles. The SMILES string of the molecule is CCC(=O)NC1CCC(N(C)C(=O)c2ncc(-c3ccc4[nH]ccc4c3F)cc2F)C1. The van der Waals surface area contributed by atoms with Crippen LogP contribution in [0.1, 0.15) is 43.1 Å². The van der Waals surface area contributed by atoms with Crippen LogP contribution in [0.4, 0.5) is 8.78 Å². The number of nitrogens with zero attached hydrogens (tertiary/aromatic N) is 2. The summed E-state index contributed by atoms with van der Waals surface area (Å²) in [4.78, 5) is 32.9. The van der Waals surface area contributed by atoms with E-state index in [2.05, 4.69) is 15.3 Å². The summed E-state index contributed by atoms with van der Waals surface area (Å²) in [6.07, 6.45) is 5.47. The second kappa shape index (κ2) is 8.45. The van der Waals surface area contributed by atoms with Crippen molar-refractivity contribution in [2.24, 2.45) is 0 Å². The van der Waals surface area contributed by atoms with Gasteiger partial charge in [0.1, 0.15) is 5.82 Å². The summed E-state index contributed by atoms with van der Waals surface area (Å²) in [5, 5.41) is 3.35. The van der Waals surface area contributed by atoms with Gasteiger partial charge in [-0.3, -0.25) is 9.59 Å². The van der Waals surface area contributed by atoms with Gasteiger partial charge in [0.15, 0.2) is 11.5 Å². The predicted molar refractivity (Wildman–Crippen MR) is 113 cm³/mol. The van der Waals surface area contributed by atoms with Crippen LogP contribution in [0.2, 0.25) is 0 Å². The first-order chi connectivity index (χ1) is 14.9. The highest BCUT2D eigenvalue weighted by molar-refractivity contribution is 5.93. The summed E-state index contributed by atoms with van der Waals surface area (Å²) in [6.45, 7) is 1.79. The first kappa shape index (κ1) is 21.0. The third-order valence-electron chi connectivity index (χ3n) is 5.98. The number of halogens is 2. The Morgan fingerprint density at radius 1 is 1.26 bits per heavy atom. The van der Waals surface area contributed by atoms with Gasteiger partial charge in [0, 0.05) is 60.0 Å². The zero-order chi connectivity index (χ0) is 22.1. The normalized spacial score (nSPS) is 18.3. The number of amides is 2. The van der Waals surface area contributed by atoms with Crippen LogP contribution in [-0.4, -0.2) is 45.8 Å². The van der Waals surface area contributed by atoms with E-state index in [4.69, 9.17) is 0 Å². The van der Waals surface area contributed by atoms with E-state index in [1.807, 2.05) is 0 Å². The van der Waals surface area contributed by atoms with Crippen molar-refractivity contribution in [2.75, 3.05) is 7.05 Å². The number of aromatic nitrogens is 2. The molecule has 31 heavy (non-hydrogen) atoms. The molecule has 162 valence electrons. The fraction of sp³-hybridized carbons (Fsp3) is 0.348. The lowest BCUT2D eigenvalue weighted by atomic mass is 10.0. The van der Waals surface area contributed by atoms with Gasteiger partial charge in [-0.1, -0.05) is 6.92 Å². The molecular formula is C23H24F2N4O2. The van der Waals surface area contributed by atoms with Crippen LogP contribution in [0, 0.1) is 11.6 Å². The number of hydrogen-bond acceptors (Lipinski definition) is 3. The maximum Gasteiger partial charge on any atom is 0.275 e. The van der Waals surface area contributed by atoms with Crippen LogP contribution in [0.5, 0.6) is 0 Å². The van der Waals surface area contributed by atoms with E-state index in [9.17, 15) is 18.4 Å². The molecule has 2 amide bonds. The Kier molecular flexibility index (Phi) is 5.71. The molecule has 0 saturated heterocycles. The Bertz CT molecular complexity index is 1140. The fourth-order valence-electron chi connectivity index (χ4n) is 4.17. The molecule has 1 aromatic carbocycles. The van der Waals surface area contributed by atoms with Crippen molar-refractivity contribution in [3.63, 3.8) is 0 Å². The van der Waals surface area contributed by atoms with E-state index in [-0.39, 0.29) is 34.8 Å². The molecule has 8 heteroatoms. The van der Waals surface area contributed by atoms with Crippen molar-refractivity contribution in [1.82, 2.24) is 20.2 Å². The van der Waals surface area contributed by atoms with Crippen molar-refractivity contribution < 1.29 is 18.4 Å². The lowest BCUT2D eigenvalue weighted by molar-refractivity contribution is -0.121. The van der Waals surface area contributed by atoms with Crippen molar-refractivity contribution >= 4 is 22.7 Å². The Balaban J connectivity index is 1.52. The van der Waals surface area contributed by atoms with Gasteiger partial charge in [0.25, 0.3) is 5.91 Å². The first-order valence-electron chi connectivity index (χ1n) is 10.4. The molecule has 2 N–H and O–H groups in total. The number of aromatic amines is 1. The molecule has 0 bridgehead atoms. The summed E-state index contributed by atoms with van der Waals surface area (Å²) in [6, 6.07) is 5.93. The quantitative estimate of drug-likeness (QED) is 0.647. The maximum atomic E-state index is 14.8. The second-order valence-corrected chi connectivity index (χ2v) is 7.92. The van der Waals surface area contributed by atoms with Gasteiger partial charge >= 0.3 is 0 Å². The highest BCUT2D eigenvalue weighted by atomic mass is 19.1. The summed E-state index contributed by atoms with van der Waals surface area (Å²) < 4.78 is 29.6. The molecular weight excluding hydrogens is 402 g/mol. The molecule has 2 atom stereocenters. The molecule has 0 radical (unpaired) electrons. The van der Waals surface area contributed by atoms with Crippen LogP contribution in [-0.2, 0) is 4.79 Å². The first-order valence-corrected chi connectivity index (χ1v) is 10.4. The number of nitrogens with one attached hydrogen (secondary N) is 2. The second-order valence-electron chi connectivity index (χ2n) is 7.92. The Morgan fingerprint density at radius 2 is 2.06 bits per heavy atom. The van der Waals surface area contributed by atoms with Crippen molar-refractivity contribution in [2.45, 2.75) is 44.7 Å². The van der Waals surface area contributed by atoms with E-state index in [0.29, 0.717) is 23.7 Å². The topological polar surface area (TPSA) is 78.1 Å². The number of hydrogen-bond donors (Lipinski definition) is 2. The highest BCUT2D eigenvalue weighted by Gasteiger charge is 2.32. The predicted octanol–water partition coefficient (Wildman–Crippen LogP) is 4.03. The third kappa shape index (κ3) is 4.02. The van der Waals surface area contributed by atoms with E-state index in [0.717, 1.165) is 18.9 Å². The number of pyridine rings is 1. The van der Waals surface area contributed by atoms with E-state index >= 15 is 0 Å². The largest absolute Gasteiger partial charge is 0.361 e. The zero-order valence-electron chi connectivity index (χ0n) is 17.4. The van der Waals surface area contributed by atoms with Gasteiger partial charge in [-0.25, -0.2) is 13.8 Å². The summed E-state index contributed by atoms with van der Waals surface area (Å²) in [5.41, 5.74) is 0.834. The van der Waals surface area contributed by atoms with Gasteiger partial charge in [-0.05, 0) is 43.5 Å². The molecule has 3 aromatic rings. The van der Waals surface area contributed by atoms with E-state index in [1.54, 1.807) is 38.4 Å². The molecule has 4 rings (SSSR count). The van der Waals surface area contributed by atoms with E-state index < -0.39 is 17.5 Å². The average Bonchev–Trinajstić information content (AvgIpc) is 3.43. The van der Waals surface area contributed by atoms with Gasteiger partial charge < -0.3 is 15.2 Å². The number of H-pyrrole nitrogens is 1. The molecule has 0 aliphatic heterocycles.